The number of hydrogen-bond acceptors (Lipinski definition) is 5. The number of piperazine rings is 1. The Hall–Kier alpha value is -1.33. The van der Waals surface area contributed by atoms with E-state index in [2.05, 4.69) is 39.9 Å². The third-order valence-corrected chi connectivity index (χ3v) is 5.68. The Morgan fingerprint density at radius 1 is 0.952 bits per heavy atom. The van der Waals surface area contributed by atoms with Gasteiger partial charge in [-0.2, -0.15) is 0 Å². The number of anilines is 2. The van der Waals surface area contributed by atoms with Crippen molar-refractivity contribution in [3.8, 4) is 0 Å². The number of thiazole rings is 1. The minimum atomic E-state index is 1.09. The van der Waals surface area contributed by atoms with Crippen LogP contribution in [-0.4, -0.2) is 56.2 Å². The molecule has 2 saturated heterocycles. The summed E-state index contributed by atoms with van der Waals surface area (Å²) >= 11 is 1.85. The van der Waals surface area contributed by atoms with Crippen LogP contribution in [0.2, 0.25) is 0 Å². The van der Waals surface area contributed by atoms with Gasteiger partial charge in [0.2, 0.25) is 0 Å². The molecule has 5 heteroatoms. The van der Waals surface area contributed by atoms with E-state index < -0.39 is 0 Å². The van der Waals surface area contributed by atoms with Crippen LogP contribution in [0.15, 0.2) is 18.2 Å². The maximum Gasteiger partial charge on any atom is 0.186 e. The molecule has 0 aliphatic carbocycles. The van der Waals surface area contributed by atoms with Gasteiger partial charge >= 0.3 is 0 Å². The van der Waals surface area contributed by atoms with Gasteiger partial charge in [-0.3, -0.25) is 0 Å². The molecule has 0 N–H and O–H groups in total. The number of rotatable bonds is 2. The Morgan fingerprint density at radius 3 is 2.48 bits per heavy atom. The molecule has 0 atom stereocenters. The Morgan fingerprint density at radius 2 is 1.71 bits per heavy atom. The highest BCUT2D eigenvalue weighted by Crippen LogP contribution is 2.33. The highest BCUT2D eigenvalue weighted by molar-refractivity contribution is 7.22. The molecule has 0 bridgehead atoms. The molecule has 0 unspecified atom stereocenters. The van der Waals surface area contributed by atoms with Crippen molar-refractivity contribution in [1.82, 2.24) is 9.88 Å². The number of aromatic nitrogens is 1. The van der Waals surface area contributed by atoms with Gasteiger partial charge in [-0.25, -0.2) is 4.98 Å². The van der Waals surface area contributed by atoms with Crippen molar-refractivity contribution in [2.45, 2.75) is 12.8 Å². The number of hydrogen-bond donors (Lipinski definition) is 0. The topological polar surface area (TPSA) is 22.6 Å². The van der Waals surface area contributed by atoms with E-state index in [9.17, 15) is 0 Å². The van der Waals surface area contributed by atoms with Gasteiger partial charge in [-0.1, -0.05) is 11.3 Å². The van der Waals surface area contributed by atoms with Gasteiger partial charge in [0, 0.05) is 45.0 Å². The largest absolute Gasteiger partial charge is 0.371 e. The second-order valence-electron chi connectivity index (χ2n) is 6.13. The van der Waals surface area contributed by atoms with Crippen LogP contribution in [0.5, 0.6) is 0 Å². The molecular weight excluding hydrogens is 280 g/mol. The van der Waals surface area contributed by atoms with Crippen molar-refractivity contribution in [3.63, 3.8) is 0 Å². The van der Waals surface area contributed by atoms with Crippen LogP contribution in [0.25, 0.3) is 10.2 Å². The highest BCUT2D eigenvalue weighted by atomic mass is 32.1. The average Bonchev–Trinajstić information content (AvgIpc) is 3.16. The first-order chi connectivity index (χ1) is 10.3. The molecule has 4 rings (SSSR count). The lowest BCUT2D eigenvalue weighted by Gasteiger charge is -2.32. The van der Waals surface area contributed by atoms with Gasteiger partial charge < -0.3 is 14.7 Å². The Kier molecular flexibility index (Phi) is 3.47. The molecule has 0 amide bonds. The lowest BCUT2D eigenvalue weighted by atomic mass is 10.3. The summed E-state index contributed by atoms with van der Waals surface area (Å²) in [5.41, 5.74) is 2.52. The van der Waals surface area contributed by atoms with E-state index in [1.807, 2.05) is 11.3 Å². The first-order valence-electron chi connectivity index (χ1n) is 7.89. The van der Waals surface area contributed by atoms with Crippen LogP contribution in [0.1, 0.15) is 12.8 Å². The molecule has 3 heterocycles. The molecular formula is C16H22N4S. The van der Waals surface area contributed by atoms with E-state index in [-0.39, 0.29) is 0 Å². The molecule has 4 nitrogen and oxygen atoms in total. The van der Waals surface area contributed by atoms with Gasteiger partial charge in [0.05, 0.1) is 10.2 Å². The number of likely N-dealkylation sites (N-methyl/N-ethyl adjacent to an activating group) is 1. The molecule has 1 aromatic heterocycles. The van der Waals surface area contributed by atoms with E-state index in [1.165, 1.54) is 41.5 Å². The molecule has 0 saturated carbocycles. The first kappa shape index (κ1) is 13.3. The summed E-state index contributed by atoms with van der Waals surface area (Å²) in [6, 6.07) is 6.76. The molecule has 0 spiro atoms. The van der Waals surface area contributed by atoms with Crippen molar-refractivity contribution < 1.29 is 0 Å². The maximum absolute atomic E-state index is 4.84. The SMILES string of the molecule is CN1CCN(c2nc3ccc(N4CCCC4)cc3s2)CC1. The standard InChI is InChI=1S/C16H22N4S/c1-18-8-10-20(11-9-18)16-17-14-5-4-13(12-15(14)21-16)19-6-2-3-7-19/h4-5,12H,2-3,6-11H2,1H3. The molecule has 2 fully saturated rings. The second-order valence-corrected chi connectivity index (χ2v) is 7.14. The van der Waals surface area contributed by atoms with Crippen molar-refractivity contribution in [2.75, 3.05) is 56.1 Å². The Bertz CT molecular complexity index is 624. The van der Waals surface area contributed by atoms with Crippen LogP contribution in [0.3, 0.4) is 0 Å². The van der Waals surface area contributed by atoms with Gasteiger partial charge in [0.1, 0.15) is 0 Å². The molecule has 1 aromatic carbocycles. The van der Waals surface area contributed by atoms with Crippen LogP contribution in [-0.2, 0) is 0 Å². The summed E-state index contributed by atoms with van der Waals surface area (Å²) in [5, 5.41) is 1.19. The Balaban J connectivity index is 1.60. The zero-order valence-electron chi connectivity index (χ0n) is 12.6. The van der Waals surface area contributed by atoms with Crippen LogP contribution in [0.4, 0.5) is 10.8 Å². The number of nitrogens with zero attached hydrogens (tertiary/aromatic N) is 4. The summed E-state index contributed by atoms with van der Waals surface area (Å²) < 4.78 is 1.33. The van der Waals surface area contributed by atoms with Crippen molar-refractivity contribution in [1.29, 1.82) is 0 Å². The fourth-order valence-electron chi connectivity index (χ4n) is 3.21. The first-order valence-corrected chi connectivity index (χ1v) is 8.70. The molecule has 2 aliphatic rings. The second kappa shape index (κ2) is 5.46. The van der Waals surface area contributed by atoms with E-state index in [0.717, 1.165) is 31.7 Å². The van der Waals surface area contributed by atoms with Gasteiger partial charge in [-0.05, 0) is 38.1 Å². The van der Waals surface area contributed by atoms with E-state index in [0.29, 0.717) is 0 Å². The highest BCUT2D eigenvalue weighted by Gasteiger charge is 2.18. The number of benzene rings is 1. The van der Waals surface area contributed by atoms with E-state index >= 15 is 0 Å². The molecule has 0 radical (unpaired) electrons. The summed E-state index contributed by atoms with van der Waals surface area (Å²) in [7, 11) is 2.19. The third kappa shape index (κ3) is 2.60. The van der Waals surface area contributed by atoms with Gasteiger partial charge in [0.15, 0.2) is 5.13 Å². The van der Waals surface area contributed by atoms with Crippen molar-refractivity contribution >= 4 is 32.4 Å². The molecule has 21 heavy (non-hydrogen) atoms. The number of fused-ring (bicyclic) bond motifs is 1. The molecule has 112 valence electrons. The summed E-state index contributed by atoms with van der Waals surface area (Å²) in [4.78, 5) is 12.1. The van der Waals surface area contributed by atoms with Crippen molar-refractivity contribution in [2.24, 2.45) is 0 Å². The predicted molar refractivity (Wildman–Crippen MR) is 90.8 cm³/mol. The fraction of sp³-hybridized carbons (Fsp3) is 0.562. The molecule has 2 aromatic rings. The summed E-state index contributed by atoms with van der Waals surface area (Å²) in [5.74, 6) is 0. The van der Waals surface area contributed by atoms with Gasteiger partial charge in [0.25, 0.3) is 0 Å². The average molecular weight is 302 g/mol. The van der Waals surface area contributed by atoms with Crippen LogP contribution < -0.4 is 9.80 Å². The zero-order chi connectivity index (χ0) is 14.2. The van der Waals surface area contributed by atoms with Crippen LogP contribution >= 0.6 is 11.3 Å². The fourth-order valence-corrected chi connectivity index (χ4v) is 4.26. The normalized spacial score (nSPS) is 20.6. The van der Waals surface area contributed by atoms with Crippen LogP contribution in [0, 0.1) is 0 Å². The minimum Gasteiger partial charge on any atom is -0.371 e. The minimum absolute atomic E-state index is 1.09. The lowest BCUT2D eigenvalue weighted by molar-refractivity contribution is 0.313. The summed E-state index contributed by atoms with van der Waals surface area (Å²) in [6.45, 7) is 6.86. The monoisotopic (exact) mass is 302 g/mol. The molecule has 2 aliphatic heterocycles. The summed E-state index contributed by atoms with van der Waals surface area (Å²) in [6.07, 6.45) is 2.65. The zero-order valence-corrected chi connectivity index (χ0v) is 13.4. The van der Waals surface area contributed by atoms with Gasteiger partial charge in [-0.15, -0.1) is 0 Å². The quantitative estimate of drug-likeness (QED) is 0.850. The smallest absolute Gasteiger partial charge is 0.186 e. The third-order valence-electron chi connectivity index (χ3n) is 4.61. The Labute approximate surface area is 130 Å². The maximum atomic E-state index is 4.84. The lowest BCUT2D eigenvalue weighted by Crippen LogP contribution is -2.44. The predicted octanol–water partition coefficient (Wildman–Crippen LogP) is 2.65. The van der Waals surface area contributed by atoms with E-state index in [1.54, 1.807) is 0 Å². The van der Waals surface area contributed by atoms with Crippen molar-refractivity contribution in [3.05, 3.63) is 18.2 Å². The van der Waals surface area contributed by atoms with E-state index in [4.69, 9.17) is 4.98 Å².